The highest BCUT2D eigenvalue weighted by Gasteiger charge is 2.30. The number of anilines is 1. The van der Waals surface area contributed by atoms with E-state index in [-0.39, 0.29) is 11.8 Å². The number of amides is 1. The van der Waals surface area contributed by atoms with Crippen molar-refractivity contribution in [2.24, 2.45) is 0 Å². The molecule has 1 N–H and O–H groups in total. The van der Waals surface area contributed by atoms with E-state index in [1.54, 1.807) is 14.2 Å². The Morgan fingerprint density at radius 2 is 1.77 bits per heavy atom. The van der Waals surface area contributed by atoms with Crippen LogP contribution in [0.4, 0.5) is 5.69 Å². The number of nitrogens with one attached hydrogen (secondary N) is 1. The minimum atomic E-state index is -0.107. The van der Waals surface area contributed by atoms with Gasteiger partial charge in [0.15, 0.2) is 0 Å². The molecule has 1 heterocycles. The summed E-state index contributed by atoms with van der Waals surface area (Å²) >= 11 is 3.69. The average Bonchev–Trinajstić information content (AvgIpc) is 2.68. The minimum Gasteiger partial charge on any atom is -0.497 e. The molecule has 26 heavy (non-hydrogen) atoms. The van der Waals surface area contributed by atoms with Crippen molar-refractivity contribution in [1.82, 2.24) is 0 Å². The van der Waals surface area contributed by atoms with E-state index in [2.05, 4.69) is 27.3 Å². The molecule has 1 aliphatic heterocycles. The van der Waals surface area contributed by atoms with Crippen molar-refractivity contribution in [3.63, 3.8) is 0 Å². The Bertz CT molecular complexity index is 1020. The van der Waals surface area contributed by atoms with Crippen molar-refractivity contribution in [2.45, 2.75) is 12.3 Å². The second-order valence-corrected chi connectivity index (χ2v) is 7.14. The summed E-state index contributed by atoms with van der Waals surface area (Å²) in [6, 6.07) is 15.9. The van der Waals surface area contributed by atoms with Crippen molar-refractivity contribution < 1.29 is 14.3 Å². The Kier molecular flexibility index (Phi) is 4.32. The molecule has 1 amide bonds. The van der Waals surface area contributed by atoms with Crippen molar-refractivity contribution in [2.75, 3.05) is 19.5 Å². The normalized spacial score (nSPS) is 16.1. The summed E-state index contributed by atoms with van der Waals surface area (Å²) in [5.74, 6) is 1.39. The van der Waals surface area contributed by atoms with E-state index in [0.29, 0.717) is 6.42 Å². The van der Waals surface area contributed by atoms with Gasteiger partial charge in [0.25, 0.3) is 0 Å². The monoisotopic (exact) mass is 411 g/mol. The van der Waals surface area contributed by atoms with Gasteiger partial charge in [-0.2, -0.15) is 0 Å². The lowest BCUT2D eigenvalue weighted by atomic mass is 9.83. The molecule has 3 aromatic carbocycles. The molecular formula is C21H18BrNO3. The Morgan fingerprint density at radius 3 is 2.50 bits per heavy atom. The van der Waals surface area contributed by atoms with Gasteiger partial charge in [0.1, 0.15) is 11.5 Å². The second kappa shape index (κ2) is 6.65. The van der Waals surface area contributed by atoms with Crippen LogP contribution in [0.3, 0.4) is 0 Å². The highest BCUT2D eigenvalue weighted by molar-refractivity contribution is 9.10. The van der Waals surface area contributed by atoms with Crippen LogP contribution in [-0.4, -0.2) is 20.1 Å². The highest BCUT2D eigenvalue weighted by Crippen LogP contribution is 2.46. The van der Waals surface area contributed by atoms with E-state index in [0.717, 1.165) is 43.6 Å². The van der Waals surface area contributed by atoms with Crippen LogP contribution in [0.2, 0.25) is 0 Å². The van der Waals surface area contributed by atoms with E-state index < -0.39 is 0 Å². The maximum Gasteiger partial charge on any atom is 0.225 e. The lowest BCUT2D eigenvalue weighted by Crippen LogP contribution is -2.24. The molecule has 0 bridgehead atoms. The fourth-order valence-electron chi connectivity index (χ4n) is 3.64. The van der Waals surface area contributed by atoms with Crippen LogP contribution in [0.1, 0.15) is 23.5 Å². The first-order chi connectivity index (χ1) is 12.6. The second-order valence-electron chi connectivity index (χ2n) is 6.28. The predicted molar refractivity (Wildman–Crippen MR) is 106 cm³/mol. The van der Waals surface area contributed by atoms with Gasteiger partial charge in [-0.05, 0) is 35.2 Å². The summed E-state index contributed by atoms with van der Waals surface area (Å²) in [6.07, 6.45) is 0.362. The van der Waals surface area contributed by atoms with E-state index >= 15 is 0 Å². The molecule has 0 saturated carbocycles. The van der Waals surface area contributed by atoms with Crippen LogP contribution < -0.4 is 14.8 Å². The summed E-state index contributed by atoms with van der Waals surface area (Å²) in [5.41, 5.74) is 2.89. The molecule has 0 aliphatic carbocycles. The van der Waals surface area contributed by atoms with Gasteiger partial charge in [0.05, 0.1) is 19.9 Å². The average molecular weight is 412 g/mol. The van der Waals surface area contributed by atoms with Gasteiger partial charge in [-0.1, -0.05) is 40.2 Å². The first-order valence-corrected chi connectivity index (χ1v) is 9.14. The SMILES string of the molecule is COc1ccc(OC)c([C@@H]2CC(=O)Nc3c2cc(Br)c2ccccc32)c1. The highest BCUT2D eigenvalue weighted by atomic mass is 79.9. The Morgan fingerprint density at radius 1 is 1.00 bits per heavy atom. The molecule has 0 aromatic heterocycles. The Hall–Kier alpha value is -2.53. The summed E-state index contributed by atoms with van der Waals surface area (Å²) in [6.45, 7) is 0. The predicted octanol–water partition coefficient (Wildman–Crippen LogP) is 5.09. The number of fused-ring (bicyclic) bond motifs is 3. The number of carbonyl (C=O) groups excluding carboxylic acids is 1. The summed E-state index contributed by atoms with van der Waals surface area (Å²) in [4.78, 5) is 12.5. The zero-order chi connectivity index (χ0) is 18.3. The van der Waals surface area contributed by atoms with Crippen LogP contribution in [-0.2, 0) is 4.79 Å². The molecule has 4 rings (SSSR count). The number of ether oxygens (including phenoxy) is 2. The van der Waals surface area contributed by atoms with Crippen LogP contribution in [0, 0.1) is 0 Å². The fraction of sp³-hybridized carbons (Fsp3) is 0.190. The van der Waals surface area contributed by atoms with Crippen LogP contribution in [0.15, 0.2) is 53.0 Å². The molecule has 0 radical (unpaired) electrons. The third-order valence-corrected chi connectivity index (χ3v) is 5.52. The molecule has 0 spiro atoms. The Balaban J connectivity index is 1.98. The zero-order valence-corrected chi connectivity index (χ0v) is 16.1. The number of rotatable bonds is 3. The topological polar surface area (TPSA) is 47.6 Å². The molecule has 1 atom stereocenters. The molecule has 132 valence electrons. The maximum absolute atomic E-state index is 12.5. The number of hydrogen-bond acceptors (Lipinski definition) is 3. The van der Waals surface area contributed by atoms with E-state index in [1.165, 1.54) is 0 Å². The summed E-state index contributed by atoms with van der Waals surface area (Å²) in [5, 5.41) is 5.16. The van der Waals surface area contributed by atoms with E-state index in [1.807, 2.05) is 42.5 Å². The van der Waals surface area contributed by atoms with Crippen LogP contribution in [0.5, 0.6) is 11.5 Å². The molecule has 1 aliphatic rings. The van der Waals surface area contributed by atoms with Crippen LogP contribution in [0.25, 0.3) is 10.8 Å². The minimum absolute atomic E-state index is 0.000140. The van der Waals surface area contributed by atoms with Crippen molar-refractivity contribution in [3.05, 3.63) is 64.1 Å². The molecular weight excluding hydrogens is 394 g/mol. The fourth-order valence-corrected chi connectivity index (χ4v) is 4.23. The maximum atomic E-state index is 12.5. The molecule has 4 nitrogen and oxygen atoms in total. The quantitative estimate of drug-likeness (QED) is 0.652. The number of halogens is 1. The third kappa shape index (κ3) is 2.72. The summed E-state index contributed by atoms with van der Waals surface area (Å²) in [7, 11) is 3.28. The third-order valence-electron chi connectivity index (χ3n) is 4.87. The van der Waals surface area contributed by atoms with Gasteiger partial charge in [-0.3, -0.25) is 4.79 Å². The number of carbonyl (C=O) groups is 1. The van der Waals surface area contributed by atoms with Crippen molar-refractivity contribution in [1.29, 1.82) is 0 Å². The van der Waals surface area contributed by atoms with E-state index in [4.69, 9.17) is 9.47 Å². The lowest BCUT2D eigenvalue weighted by Gasteiger charge is -2.29. The van der Waals surface area contributed by atoms with Gasteiger partial charge in [0.2, 0.25) is 5.91 Å². The standard InChI is InChI=1S/C21H18BrNO3/c1-25-12-7-8-19(26-2)16(9-12)15-11-20(24)23-21-14-6-4-3-5-13(14)18(22)10-17(15)21/h3-10,15H,11H2,1-2H3,(H,23,24)/t15-/m0/s1. The molecule has 3 aromatic rings. The molecule has 5 heteroatoms. The zero-order valence-electron chi connectivity index (χ0n) is 14.5. The Labute approximate surface area is 160 Å². The van der Waals surface area contributed by atoms with Gasteiger partial charge < -0.3 is 14.8 Å². The van der Waals surface area contributed by atoms with Gasteiger partial charge in [0, 0.05) is 27.8 Å². The molecule has 0 fully saturated rings. The first kappa shape index (κ1) is 16.9. The van der Waals surface area contributed by atoms with Crippen LogP contribution >= 0.6 is 15.9 Å². The number of hydrogen-bond donors (Lipinski definition) is 1. The van der Waals surface area contributed by atoms with Crippen molar-refractivity contribution >= 4 is 38.3 Å². The van der Waals surface area contributed by atoms with Gasteiger partial charge >= 0.3 is 0 Å². The largest absolute Gasteiger partial charge is 0.497 e. The van der Waals surface area contributed by atoms with E-state index in [9.17, 15) is 4.79 Å². The van der Waals surface area contributed by atoms with Crippen molar-refractivity contribution in [3.8, 4) is 11.5 Å². The van der Waals surface area contributed by atoms with Gasteiger partial charge in [-0.25, -0.2) is 0 Å². The number of benzene rings is 3. The lowest BCUT2D eigenvalue weighted by molar-refractivity contribution is -0.116. The number of methoxy groups -OCH3 is 2. The molecule has 0 unspecified atom stereocenters. The summed E-state index contributed by atoms with van der Waals surface area (Å²) < 4.78 is 12.0. The first-order valence-electron chi connectivity index (χ1n) is 8.35. The molecule has 0 saturated heterocycles. The van der Waals surface area contributed by atoms with Gasteiger partial charge in [-0.15, -0.1) is 0 Å². The smallest absolute Gasteiger partial charge is 0.225 e.